The number of nitrogens with zero attached hydrogens (tertiary/aromatic N) is 2. The Kier molecular flexibility index (Phi) is 6.50. The van der Waals surface area contributed by atoms with Crippen LogP contribution in [-0.4, -0.2) is 58.8 Å². The van der Waals surface area contributed by atoms with Gasteiger partial charge in [-0.15, -0.1) is 0 Å². The number of carbonyl (C=O) groups excluding carboxylic acids is 4. The fourth-order valence-electron chi connectivity index (χ4n) is 4.99. The zero-order valence-corrected chi connectivity index (χ0v) is 19.4. The highest BCUT2D eigenvalue weighted by Crippen LogP contribution is 2.29. The maximum Gasteiger partial charge on any atom is 0.412 e. The molecule has 5 rings (SSSR count). The minimum atomic E-state index is -0.601. The molecule has 2 N–H and O–H groups in total. The number of likely N-dealkylation sites (tertiary alicyclic amines) is 1. The molecule has 182 valence electrons. The van der Waals surface area contributed by atoms with E-state index in [4.69, 9.17) is 4.74 Å². The van der Waals surface area contributed by atoms with Crippen molar-refractivity contribution in [3.63, 3.8) is 0 Å². The molecule has 4 amide bonds. The molecule has 0 aromatic heterocycles. The van der Waals surface area contributed by atoms with Crippen molar-refractivity contribution in [1.29, 1.82) is 0 Å². The predicted molar refractivity (Wildman–Crippen MR) is 126 cm³/mol. The number of hydrogen-bond acceptors (Lipinski definition) is 6. The van der Waals surface area contributed by atoms with Crippen molar-refractivity contribution < 1.29 is 23.9 Å². The van der Waals surface area contributed by atoms with Gasteiger partial charge in [0, 0.05) is 44.2 Å². The number of amides is 4. The van der Waals surface area contributed by atoms with Gasteiger partial charge in [0.1, 0.15) is 11.8 Å². The second-order valence-electron chi connectivity index (χ2n) is 9.29. The van der Waals surface area contributed by atoms with Crippen LogP contribution in [0.5, 0.6) is 5.75 Å². The summed E-state index contributed by atoms with van der Waals surface area (Å²) >= 11 is 0. The zero-order chi connectivity index (χ0) is 24.4. The first-order valence-corrected chi connectivity index (χ1v) is 12.0. The second-order valence-corrected chi connectivity index (χ2v) is 9.29. The summed E-state index contributed by atoms with van der Waals surface area (Å²) in [5.41, 5.74) is 2.58. The molecule has 1 unspecified atom stereocenters. The molecular formula is C26H28N4O5. The predicted octanol–water partition coefficient (Wildman–Crippen LogP) is 2.20. The Morgan fingerprint density at radius 3 is 2.54 bits per heavy atom. The molecule has 0 bridgehead atoms. The molecule has 1 atom stereocenters. The average molecular weight is 477 g/mol. The van der Waals surface area contributed by atoms with E-state index in [0.717, 1.165) is 37.1 Å². The molecule has 3 heterocycles. The van der Waals surface area contributed by atoms with Crippen molar-refractivity contribution >= 4 is 23.8 Å². The third-order valence-corrected chi connectivity index (χ3v) is 6.86. The normalized spacial score (nSPS) is 21.0. The number of imide groups is 1. The summed E-state index contributed by atoms with van der Waals surface area (Å²) < 4.78 is 5.32. The molecular weight excluding hydrogens is 448 g/mol. The van der Waals surface area contributed by atoms with Crippen LogP contribution in [0.25, 0.3) is 0 Å². The standard InChI is InChI=1S/C26H28N4O5/c31-23-9-8-22(24(32)28-23)30-16-18-7-6-17(14-21(18)25(30)33)15-29-12-10-19(11-13-29)27-26(34)35-20-4-2-1-3-5-20/h1-7,14,19,22H,8-13,15-16H2,(H,27,34)(H,28,31,32). The van der Waals surface area contributed by atoms with Crippen LogP contribution in [-0.2, 0) is 22.7 Å². The topological polar surface area (TPSA) is 108 Å². The molecule has 0 saturated carbocycles. The van der Waals surface area contributed by atoms with E-state index >= 15 is 0 Å². The third-order valence-electron chi connectivity index (χ3n) is 6.86. The van der Waals surface area contributed by atoms with Crippen LogP contribution in [0.2, 0.25) is 0 Å². The van der Waals surface area contributed by atoms with Crippen molar-refractivity contribution in [2.45, 2.75) is 50.9 Å². The highest BCUT2D eigenvalue weighted by molar-refractivity contribution is 6.05. The monoisotopic (exact) mass is 476 g/mol. The van der Waals surface area contributed by atoms with Gasteiger partial charge in [-0.25, -0.2) is 4.79 Å². The quantitative estimate of drug-likeness (QED) is 0.641. The molecule has 9 heteroatoms. The lowest BCUT2D eigenvalue weighted by Gasteiger charge is -2.32. The van der Waals surface area contributed by atoms with Gasteiger partial charge in [-0.3, -0.25) is 24.6 Å². The SMILES string of the molecule is O=C1CCC(N2Cc3ccc(CN4CCC(NC(=O)Oc5ccccc5)CC4)cc3C2=O)C(=O)N1. The highest BCUT2D eigenvalue weighted by atomic mass is 16.6. The van der Waals surface area contributed by atoms with Gasteiger partial charge in [-0.2, -0.15) is 0 Å². The molecule has 2 aromatic carbocycles. The van der Waals surface area contributed by atoms with E-state index in [1.54, 1.807) is 17.0 Å². The first kappa shape index (κ1) is 23.0. The smallest absolute Gasteiger partial charge is 0.410 e. The molecule has 0 spiro atoms. The summed E-state index contributed by atoms with van der Waals surface area (Å²) in [6.07, 6.45) is 1.80. The molecule has 2 aromatic rings. The summed E-state index contributed by atoms with van der Waals surface area (Å²) in [6, 6.07) is 14.4. The molecule has 3 aliphatic heterocycles. The largest absolute Gasteiger partial charge is 0.412 e. The van der Waals surface area contributed by atoms with Crippen molar-refractivity contribution in [3.05, 3.63) is 65.2 Å². The highest BCUT2D eigenvalue weighted by Gasteiger charge is 2.39. The fraction of sp³-hybridized carbons (Fsp3) is 0.385. The lowest BCUT2D eigenvalue weighted by molar-refractivity contribution is -0.136. The van der Waals surface area contributed by atoms with Gasteiger partial charge < -0.3 is 15.0 Å². The van der Waals surface area contributed by atoms with Gasteiger partial charge in [-0.1, -0.05) is 30.3 Å². The van der Waals surface area contributed by atoms with Crippen molar-refractivity contribution in [2.24, 2.45) is 0 Å². The number of benzene rings is 2. The van der Waals surface area contributed by atoms with Gasteiger partial charge in [0.2, 0.25) is 11.8 Å². The number of hydrogen-bond donors (Lipinski definition) is 2. The molecule has 0 aliphatic carbocycles. The summed E-state index contributed by atoms with van der Waals surface area (Å²) in [5.74, 6) is -0.322. The summed E-state index contributed by atoms with van der Waals surface area (Å²) in [7, 11) is 0. The maximum atomic E-state index is 13.0. The number of para-hydroxylation sites is 1. The molecule has 3 aliphatic rings. The number of nitrogens with one attached hydrogen (secondary N) is 2. The van der Waals surface area contributed by atoms with Crippen molar-refractivity contribution in [1.82, 2.24) is 20.4 Å². The van der Waals surface area contributed by atoms with Gasteiger partial charge in [-0.05, 0) is 48.6 Å². The lowest BCUT2D eigenvalue weighted by atomic mass is 10.0. The molecule has 35 heavy (non-hydrogen) atoms. The van der Waals surface area contributed by atoms with E-state index in [1.165, 1.54) is 0 Å². The van der Waals surface area contributed by atoms with Crippen LogP contribution in [0, 0.1) is 0 Å². The Morgan fingerprint density at radius 1 is 1.03 bits per heavy atom. The van der Waals surface area contributed by atoms with E-state index < -0.39 is 18.0 Å². The minimum Gasteiger partial charge on any atom is -0.410 e. The summed E-state index contributed by atoms with van der Waals surface area (Å²) in [4.78, 5) is 52.7. The third kappa shape index (κ3) is 5.19. The minimum absolute atomic E-state index is 0.0612. The Bertz CT molecular complexity index is 1140. The van der Waals surface area contributed by atoms with Crippen LogP contribution < -0.4 is 15.4 Å². The first-order chi connectivity index (χ1) is 17.0. The number of rotatable bonds is 5. The van der Waals surface area contributed by atoms with E-state index in [-0.39, 0.29) is 24.3 Å². The second kappa shape index (κ2) is 9.87. The van der Waals surface area contributed by atoms with Crippen LogP contribution in [0.4, 0.5) is 4.79 Å². The van der Waals surface area contributed by atoms with E-state index in [9.17, 15) is 19.2 Å². The van der Waals surface area contributed by atoms with Gasteiger partial charge in [0.05, 0.1) is 0 Å². The molecule has 2 saturated heterocycles. The van der Waals surface area contributed by atoms with Crippen molar-refractivity contribution in [3.8, 4) is 5.75 Å². The fourth-order valence-corrected chi connectivity index (χ4v) is 4.99. The van der Waals surface area contributed by atoms with E-state index in [2.05, 4.69) is 15.5 Å². The molecule has 2 fully saturated rings. The first-order valence-electron chi connectivity index (χ1n) is 12.0. The Labute approximate surface area is 203 Å². The van der Waals surface area contributed by atoms with Crippen molar-refractivity contribution in [2.75, 3.05) is 13.1 Å². The van der Waals surface area contributed by atoms with E-state index in [0.29, 0.717) is 30.8 Å². The number of carbonyl (C=O) groups is 4. The summed E-state index contributed by atoms with van der Waals surface area (Å²) in [6.45, 7) is 2.74. The Hall–Kier alpha value is -3.72. The van der Waals surface area contributed by atoms with Gasteiger partial charge in [0.25, 0.3) is 5.91 Å². The van der Waals surface area contributed by atoms with E-state index in [1.807, 2.05) is 36.4 Å². The van der Waals surface area contributed by atoms with Crippen LogP contribution >= 0.6 is 0 Å². The number of fused-ring (bicyclic) bond motifs is 1. The van der Waals surface area contributed by atoms with Gasteiger partial charge in [0.15, 0.2) is 0 Å². The number of piperidine rings is 2. The maximum absolute atomic E-state index is 13.0. The van der Waals surface area contributed by atoms with Crippen LogP contribution in [0.15, 0.2) is 48.5 Å². The summed E-state index contributed by atoms with van der Waals surface area (Å²) in [5, 5.41) is 5.28. The average Bonchev–Trinajstić information content (AvgIpc) is 3.16. The van der Waals surface area contributed by atoms with Crippen LogP contribution in [0.3, 0.4) is 0 Å². The van der Waals surface area contributed by atoms with Crippen LogP contribution in [0.1, 0.15) is 47.2 Å². The Balaban J connectivity index is 1.13. The number of ether oxygens (including phenoxy) is 1. The lowest BCUT2D eigenvalue weighted by Crippen LogP contribution is -2.52. The van der Waals surface area contributed by atoms with Gasteiger partial charge >= 0.3 is 6.09 Å². The molecule has 9 nitrogen and oxygen atoms in total. The Morgan fingerprint density at radius 2 is 1.80 bits per heavy atom. The molecule has 0 radical (unpaired) electrons. The zero-order valence-electron chi connectivity index (χ0n) is 19.4.